The first kappa shape index (κ1) is 25.4. The number of pyridine rings is 2. The lowest BCUT2D eigenvalue weighted by Crippen LogP contribution is -2.41. The van der Waals surface area contributed by atoms with Crippen LogP contribution in [0.5, 0.6) is 0 Å². The lowest BCUT2D eigenvalue weighted by atomic mass is 10.1. The van der Waals surface area contributed by atoms with Gasteiger partial charge in [-0.15, -0.1) is 0 Å². The molecule has 0 aromatic carbocycles. The Morgan fingerprint density at radius 2 is 1.79 bits per heavy atom. The van der Waals surface area contributed by atoms with E-state index in [0.717, 1.165) is 22.6 Å². The number of carboxylic acid groups (broad SMARTS) is 1. The molecule has 13 heteroatoms. The molecule has 0 spiro atoms. The molecule has 2 aliphatic heterocycles. The van der Waals surface area contributed by atoms with Gasteiger partial charge in [0.2, 0.25) is 0 Å². The molecule has 0 aliphatic carbocycles. The summed E-state index contributed by atoms with van der Waals surface area (Å²) in [5, 5.41) is 7.12. The van der Waals surface area contributed by atoms with E-state index in [-0.39, 0.29) is 17.4 Å². The zero-order chi connectivity index (χ0) is 25.1. The number of anilines is 1. The quantitative estimate of drug-likeness (QED) is 0.675. The van der Waals surface area contributed by atoms with Gasteiger partial charge < -0.3 is 14.9 Å². The molecule has 1 saturated heterocycles. The van der Waals surface area contributed by atoms with Gasteiger partial charge in [0.1, 0.15) is 0 Å². The fraction of sp³-hybridized carbons (Fsp3) is 0.429. The normalized spacial score (nSPS) is 17.1. The number of rotatable bonds is 4. The van der Waals surface area contributed by atoms with E-state index in [1.807, 2.05) is 36.2 Å². The van der Waals surface area contributed by atoms with Gasteiger partial charge in [0.15, 0.2) is 9.84 Å². The molecule has 2 aromatic heterocycles. The number of fused-ring (bicyclic) bond motifs is 1. The average Bonchev–Trinajstić information content (AvgIpc) is 3.09. The SMILES string of the molecule is Cc1ccc(CCN2Cc3nccc(N4CCS(=O)(=O)CC4)c3C2=O)nc1.O=C(O)C(F)(F)F. The summed E-state index contributed by atoms with van der Waals surface area (Å²) in [6.07, 6.45) is -0.854. The van der Waals surface area contributed by atoms with E-state index in [1.165, 1.54) is 0 Å². The highest BCUT2D eigenvalue weighted by Gasteiger charge is 2.38. The van der Waals surface area contributed by atoms with Crippen LogP contribution < -0.4 is 4.90 Å². The number of alkyl halides is 3. The van der Waals surface area contributed by atoms with Gasteiger partial charge in [-0.2, -0.15) is 13.2 Å². The molecule has 0 atom stereocenters. The molecule has 2 aliphatic rings. The number of aliphatic carboxylic acids is 1. The predicted octanol–water partition coefficient (Wildman–Crippen LogP) is 1.85. The molecule has 4 rings (SSSR count). The molecule has 2 aromatic rings. The number of hydrogen-bond acceptors (Lipinski definition) is 7. The monoisotopic (exact) mass is 500 g/mol. The highest BCUT2D eigenvalue weighted by Crippen LogP contribution is 2.31. The van der Waals surface area contributed by atoms with E-state index >= 15 is 0 Å². The third-order valence-electron chi connectivity index (χ3n) is 5.39. The smallest absolute Gasteiger partial charge is 0.475 e. The second-order valence-electron chi connectivity index (χ2n) is 7.90. The van der Waals surface area contributed by atoms with E-state index < -0.39 is 22.0 Å². The molecule has 1 N–H and O–H groups in total. The zero-order valence-electron chi connectivity index (χ0n) is 18.2. The van der Waals surface area contributed by atoms with Crippen LogP contribution in [0.4, 0.5) is 18.9 Å². The van der Waals surface area contributed by atoms with Crippen molar-refractivity contribution in [2.75, 3.05) is 36.0 Å². The van der Waals surface area contributed by atoms with Crippen LogP contribution in [-0.2, 0) is 27.6 Å². The van der Waals surface area contributed by atoms with Gasteiger partial charge in [0.25, 0.3) is 5.91 Å². The van der Waals surface area contributed by atoms with Gasteiger partial charge in [0, 0.05) is 44.1 Å². The molecule has 9 nitrogen and oxygen atoms in total. The van der Waals surface area contributed by atoms with Crippen LogP contribution in [-0.4, -0.2) is 77.6 Å². The predicted molar refractivity (Wildman–Crippen MR) is 116 cm³/mol. The highest BCUT2D eigenvalue weighted by molar-refractivity contribution is 7.91. The molecule has 0 bridgehead atoms. The third kappa shape index (κ3) is 6.22. The van der Waals surface area contributed by atoms with Crippen molar-refractivity contribution in [3.8, 4) is 0 Å². The summed E-state index contributed by atoms with van der Waals surface area (Å²) in [4.78, 5) is 34.5. The molecular weight excluding hydrogens is 477 g/mol. The minimum absolute atomic E-state index is 0.0337. The summed E-state index contributed by atoms with van der Waals surface area (Å²) in [6.45, 7) is 3.90. The fourth-order valence-corrected chi connectivity index (χ4v) is 4.75. The summed E-state index contributed by atoms with van der Waals surface area (Å²) >= 11 is 0. The number of aryl methyl sites for hydroxylation is 1. The first-order valence-electron chi connectivity index (χ1n) is 10.3. The summed E-state index contributed by atoms with van der Waals surface area (Å²) < 4.78 is 55.1. The number of hydrogen-bond donors (Lipinski definition) is 1. The van der Waals surface area contributed by atoms with Crippen LogP contribution in [0.15, 0.2) is 30.6 Å². The van der Waals surface area contributed by atoms with Crippen LogP contribution in [0.1, 0.15) is 27.3 Å². The van der Waals surface area contributed by atoms with E-state index in [0.29, 0.717) is 38.2 Å². The Morgan fingerprint density at radius 3 is 2.35 bits per heavy atom. The standard InChI is InChI=1S/C19H22N4O3S.C2HF3O2/c1-14-2-3-15(21-12-14)5-7-23-13-16-18(19(23)24)17(4-6-20-16)22-8-10-27(25,26)11-9-22;3-2(4,5)1(6)7/h2-4,6,12H,5,7-11,13H2,1H3;(H,6,7). The van der Waals surface area contributed by atoms with Crippen molar-refractivity contribution in [2.45, 2.75) is 26.1 Å². The van der Waals surface area contributed by atoms with Crippen molar-refractivity contribution in [1.29, 1.82) is 0 Å². The average molecular weight is 500 g/mol. The maximum atomic E-state index is 13.0. The number of carbonyl (C=O) groups is 2. The van der Waals surface area contributed by atoms with Crippen molar-refractivity contribution < 1.29 is 36.3 Å². The largest absolute Gasteiger partial charge is 0.490 e. The fourth-order valence-electron chi connectivity index (χ4n) is 3.55. The molecular formula is C21H23F3N4O5S. The minimum Gasteiger partial charge on any atom is -0.475 e. The van der Waals surface area contributed by atoms with Crippen molar-refractivity contribution in [3.05, 3.63) is 53.1 Å². The molecule has 1 amide bonds. The van der Waals surface area contributed by atoms with E-state index in [9.17, 15) is 26.4 Å². The second-order valence-corrected chi connectivity index (χ2v) is 10.2. The molecule has 4 heterocycles. The number of carbonyl (C=O) groups excluding carboxylic acids is 1. The Balaban J connectivity index is 0.000000406. The summed E-state index contributed by atoms with van der Waals surface area (Å²) in [5.41, 5.74) is 4.26. The van der Waals surface area contributed by atoms with Gasteiger partial charge in [-0.25, -0.2) is 13.2 Å². The van der Waals surface area contributed by atoms with Crippen molar-refractivity contribution in [2.24, 2.45) is 0 Å². The molecule has 34 heavy (non-hydrogen) atoms. The lowest BCUT2D eigenvalue weighted by Gasteiger charge is -2.29. The van der Waals surface area contributed by atoms with Gasteiger partial charge in [-0.05, 0) is 24.6 Å². The summed E-state index contributed by atoms with van der Waals surface area (Å²) in [6, 6.07) is 5.83. The first-order chi connectivity index (χ1) is 15.9. The maximum Gasteiger partial charge on any atom is 0.490 e. The zero-order valence-corrected chi connectivity index (χ0v) is 19.1. The summed E-state index contributed by atoms with van der Waals surface area (Å²) in [7, 11) is -2.96. The van der Waals surface area contributed by atoms with Crippen LogP contribution in [0.3, 0.4) is 0 Å². The molecule has 0 radical (unpaired) electrons. The van der Waals surface area contributed by atoms with Gasteiger partial charge >= 0.3 is 12.1 Å². The van der Waals surface area contributed by atoms with Crippen molar-refractivity contribution >= 4 is 27.4 Å². The van der Waals surface area contributed by atoms with Crippen LogP contribution >= 0.6 is 0 Å². The van der Waals surface area contributed by atoms with E-state index in [1.54, 1.807) is 11.1 Å². The number of halogens is 3. The number of sulfone groups is 1. The topological polar surface area (TPSA) is 121 Å². The number of carboxylic acids is 1. The van der Waals surface area contributed by atoms with Crippen molar-refractivity contribution in [3.63, 3.8) is 0 Å². The van der Waals surface area contributed by atoms with E-state index in [4.69, 9.17) is 9.90 Å². The molecule has 184 valence electrons. The number of nitrogens with zero attached hydrogens (tertiary/aromatic N) is 4. The van der Waals surface area contributed by atoms with E-state index in [2.05, 4.69) is 9.97 Å². The maximum absolute atomic E-state index is 13.0. The number of aromatic nitrogens is 2. The minimum atomic E-state index is -5.08. The van der Waals surface area contributed by atoms with Crippen LogP contribution in [0.2, 0.25) is 0 Å². The van der Waals surface area contributed by atoms with Gasteiger partial charge in [-0.3, -0.25) is 14.8 Å². The lowest BCUT2D eigenvalue weighted by molar-refractivity contribution is -0.192. The Morgan fingerprint density at radius 1 is 1.15 bits per heavy atom. The van der Waals surface area contributed by atoms with Crippen molar-refractivity contribution in [1.82, 2.24) is 14.9 Å². The van der Waals surface area contributed by atoms with Gasteiger partial charge in [-0.1, -0.05) is 6.07 Å². The van der Waals surface area contributed by atoms with Crippen LogP contribution in [0.25, 0.3) is 0 Å². The highest BCUT2D eigenvalue weighted by atomic mass is 32.2. The first-order valence-corrected chi connectivity index (χ1v) is 12.1. The molecule has 1 fully saturated rings. The van der Waals surface area contributed by atoms with Gasteiger partial charge in [0.05, 0.1) is 35.0 Å². The third-order valence-corrected chi connectivity index (χ3v) is 7.00. The summed E-state index contributed by atoms with van der Waals surface area (Å²) in [5.74, 6) is -2.54. The molecule has 0 unspecified atom stereocenters. The Kier molecular flexibility index (Phi) is 7.44. The Labute approximate surface area is 194 Å². The Bertz CT molecular complexity index is 1160. The number of amides is 1. The van der Waals surface area contributed by atoms with Crippen LogP contribution in [0, 0.1) is 6.92 Å². The Hall–Kier alpha value is -3.22. The second kappa shape index (κ2) is 9.95. The molecule has 0 saturated carbocycles.